The molecule has 4 heterocycles. The van der Waals surface area contributed by atoms with Gasteiger partial charge in [-0.15, -0.1) is 0 Å². The normalized spacial score (nSPS) is 16.9. The maximum absolute atomic E-state index is 14.3. The molecule has 0 spiro atoms. The highest BCUT2D eigenvalue weighted by Gasteiger charge is 2.37. The predicted octanol–water partition coefficient (Wildman–Crippen LogP) is 4.73. The molecule has 35 heavy (non-hydrogen) atoms. The fourth-order valence-electron chi connectivity index (χ4n) is 5.01. The van der Waals surface area contributed by atoms with Crippen molar-refractivity contribution in [1.29, 1.82) is 0 Å². The fraction of sp³-hybridized carbons (Fsp3) is 0.222. The number of hydrogen-bond acceptors (Lipinski definition) is 4. The van der Waals surface area contributed by atoms with Crippen molar-refractivity contribution >= 4 is 5.78 Å². The molecular weight excluding hydrogens is 452 g/mol. The third-order valence-corrected chi connectivity index (χ3v) is 6.79. The van der Waals surface area contributed by atoms with Crippen LogP contribution in [0.25, 0.3) is 33.8 Å². The topological polar surface area (TPSA) is 66.1 Å². The maximum Gasteiger partial charge on any atom is 0.193 e. The van der Waals surface area contributed by atoms with E-state index in [4.69, 9.17) is 9.84 Å². The molecule has 2 aromatic heterocycles. The molecule has 8 heteroatoms. The van der Waals surface area contributed by atoms with Gasteiger partial charge < -0.3 is 9.30 Å². The van der Waals surface area contributed by atoms with Crippen LogP contribution in [-0.4, -0.2) is 33.3 Å². The predicted molar refractivity (Wildman–Crippen MR) is 126 cm³/mol. The smallest absolute Gasteiger partial charge is 0.193 e. The Morgan fingerprint density at radius 3 is 2.34 bits per heavy atom. The van der Waals surface area contributed by atoms with Gasteiger partial charge in [0.15, 0.2) is 11.2 Å². The van der Waals surface area contributed by atoms with E-state index in [1.165, 1.54) is 37.3 Å². The Bertz CT molecular complexity index is 1550. The molecule has 2 aliphatic rings. The van der Waals surface area contributed by atoms with Gasteiger partial charge in [-0.25, -0.2) is 8.78 Å². The summed E-state index contributed by atoms with van der Waals surface area (Å²) in [5.74, 6) is -0.953. The molecular formula is C27H21F2N3O3. The van der Waals surface area contributed by atoms with Gasteiger partial charge in [-0.05, 0) is 36.8 Å². The summed E-state index contributed by atoms with van der Waals surface area (Å²) in [7, 11) is 0. The number of fused-ring (bicyclic) bond motifs is 3. The van der Waals surface area contributed by atoms with E-state index in [9.17, 15) is 18.4 Å². The lowest BCUT2D eigenvalue weighted by Crippen LogP contribution is -2.41. The largest absolute Gasteiger partial charge is 0.381 e. The lowest BCUT2D eigenvalue weighted by Gasteiger charge is -2.39. The molecule has 6 rings (SSSR count). The van der Waals surface area contributed by atoms with Crippen molar-refractivity contribution < 1.29 is 18.3 Å². The molecule has 4 aromatic rings. The van der Waals surface area contributed by atoms with Crippen LogP contribution in [0.3, 0.4) is 0 Å². The molecule has 2 aliphatic heterocycles. The minimum atomic E-state index is -0.419. The van der Waals surface area contributed by atoms with Gasteiger partial charge >= 0.3 is 0 Å². The van der Waals surface area contributed by atoms with Crippen molar-refractivity contribution in [3.63, 3.8) is 0 Å². The number of rotatable bonds is 4. The average Bonchev–Trinajstić information content (AvgIpc) is 3.17. The summed E-state index contributed by atoms with van der Waals surface area (Å²) in [6.07, 6.45) is 1.62. The molecule has 176 valence electrons. The van der Waals surface area contributed by atoms with E-state index in [2.05, 4.69) is 0 Å². The zero-order chi connectivity index (χ0) is 24.3. The van der Waals surface area contributed by atoms with Crippen molar-refractivity contribution in [1.82, 2.24) is 14.3 Å². The number of benzene rings is 2. The lowest BCUT2D eigenvalue weighted by atomic mass is 9.92. The van der Waals surface area contributed by atoms with Crippen LogP contribution >= 0.6 is 0 Å². The van der Waals surface area contributed by atoms with Gasteiger partial charge in [0, 0.05) is 29.3 Å². The van der Waals surface area contributed by atoms with E-state index in [-0.39, 0.29) is 28.7 Å². The minimum absolute atomic E-state index is 0.0921. The summed E-state index contributed by atoms with van der Waals surface area (Å²) in [5, 5.41) is 4.85. The summed E-state index contributed by atoms with van der Waals surface area (Å²) in [4.78, 5) is 25.1. The monoisotopic (exact) mass is 473 g/mol. The number of carbonyl (C=O) groups excluding carboxylic acids is 1. The van der Waals surface area contributed by atoms with Crippen molar-refractivity contribution in [2.45, 2.75) is 19.5 Å². The van der Waals surface area contributed by atoms with Crippen LogP contribution in [0, 0.1) is 17.6 Å². The van der Waals surface area contributed by atoms with E-state index in [0.29, 0.717) is 53.5 Å². The van der Waals surface area contributed by atoms with Crippen LogP contribution in [0.1, 0.15) is 23.3 Å². The van der Waals surface area contributed by atoms with Gasteiger partial charge in [0.2, 0.25) is 0 Å². The Morgan fingerprint density at radius 2 is 1.71 bits per heavy atom. The fourth-order valence-corrected chi connectivity index (χ4v) is 5.01. The second-order valence-electron chi connectivity index (χ2n) is 9.04. The van der Waals surface area contributed by atoms with E-state index in [1.807, 2.05) is 9.25 Å². The summed E-state index contributed by atoms with van der Waals surface area (Å²) in [5.41, 5.74) is 3.13. The molecule has 1 saturated heterocycles. The first kappa shape index (κ1) is 21.6. The Labute approximate surface area is 199 Å². The highest BCUT2D eigenvalue weighted by molar-refractivity contribution is 5.95. The standard InChI is InChI=1S/C27H21F2N3O3/c1-15(33)21-11-31-22(10-24(21)34)27-25(16-4-2-6-19(28)8-16)26(17-5-3-7-20(29)9-17)30-32(27)12-23(31)18-13-35-14-18/h2-11,18,23H,12-14H2,1H3/t23-/m0/s1. The lowest BCUT2D eigenvalue weighted by molar-refractivity contribution is -0.0613. The SMILES string of the molecule is CC(=O)c1cn2c(cc1=O)-c1c(-c3cccc(F)c3)c(-c3cccc(F)c3)nn1C[C@H]2C1COC1. The van der Waals surface area contributed by atoms with Crippen molar-refractivity contribution in [2.24, 2.45) is 5.92 Å². The van der Waals surface area contributed by atoms with Gasteiger partial charge in [0.1, 0.15) is 17.3 Å². The highest BCUT2D eigenvalue weighted by Crippen LogP contribution is 2.45. The van der Waals surface area contributed by atoms with Crippen molar-refractivity contribution in [3.05, 3.63) is 88.2 Å². The second kappa shape index (κ2) is 8.09. The molecule has 0 aliphatic carbocycles. The number of carbonyl (C=O) groups is 1. The summed E-state index contributed by atoms with van der Waals surface area (Å²) in [6, 6.07) is 13.6. The molecule has 0 radical (unpaired) electrons. The Hall–Kier alpha value is -3.91. The minimum Gasteiger partial charge on any atom is -0.381 e. The number of halogens is 2. The molecule has 2 aromatic carbocycles. The number of hydrogen-bond donors (Lipinski definition) is 0. The zero-order valence-corrected chi connectivity index (χ0v) is 18.9. The van der Waals surface area contributed by atoms with Crippen molar-refractivity contribution in [2.75, 3.05) is 13.2 Å². The van der Waals surface area contributed by atoms with Crippen LogP contribution < -0.4 is 5.43 Å². The van der Waals surface area contributed by atoms with Crippen LogP contribution in [-0.2, 0) is 11.3 Å². The first-order chi connectivity index (χ1) is 16.9. The highest BCUT2D eigenvalue weighted by atomic mass is 19.1. The summed E-state index contributed by atoms with van der Waals surface area (Å²) in [6.45, 7) is 2.97. The van der Waals surface area contributed by atoms with Crippen LogP contribution in [0.5, 0.6) is 0 Å². The van der Waals surface area contributed by atoms with Crippen LogP contribution in [0.15, 0.2) is 65.6 Å². The van der Waals surface area contributed by atoms with Crippen LogP contribution in [0.4, 0.5) is 8.78 Å². The molecule has 0 N–H and O–H groups in total. The van der Waals surface area contributed by atoms with Gasteiger partial charge in [-0.2, -0.15) is 5.10 Å². The first-order valence-corrected chi connectivity index (χ1v) is 11.4. The third kappa shape index (κ3) is 3.52. The Balaban J connectivity index is 1.67. The van der Waals surface area contributed by atoms with Crippen molar-refractivity contribution in [3.8, 4) is 33.8 Å². The summed E-state index contributed by atoms with van der Waals surface area (Å²) >= 11 is 0. The van der Waals surface area contributed by atoms with E-state index < -0.39 is 11.6 Å². The van der Waals surface area contributed by atoms with Gasteiger partial charge in [-0.1, -0.05) is 24.3 Å². The molecule has 0 amide bonds. The number of pyridine rings is 1. The van der Waals surface area contributed by atoms with Gasteiger partial charge in [0.25, 0.3) is 0 Å². The van der Waals surface area contributed by atoms with E-state index in [1.54, 1.807) is 30.5 Å². The molecule has 1 atom stereocenters. The number of ketones is 1. The molecule has 0 saturated carbocycles. The molecule has 1 fully saturated rings. The maximum atomic E-state index is 14.3. The van der Waals surface area contributed by atoms with E-state index >= 15 is 0 Å². The van der Waals surface area contributed by atoms with Gasteiger partial charge in [-0.3, -0.25) is 14.3 Å². The quantitative estimate of drug-likeness (QED) is 0.402. The number of Topliss-reactive ketones (excluding diaryl/α,β-unsaturated/α-hetero) is 1. The van der Waals surface area contributed by atoms with Gasteiger partial charge in [0.05, 0.1) is 42.8 Å². The molecule has 0 bridgehead atoms. The third-order valence-electron chi connectivity index (χ3n) is 6.79. The molecule has 0 unspecified atom stereocenters. The number of aromatic nitrogens is 3. The second-order valence-corrected chi connectivity index (χ2v) is 9.04. The first-order valence-electron chi connectivity index (χ1n) is 11.4. The Morgan fingerprint density at radius 1 is 1.03 bits per heavy atom. The number of nitrogens with zero attached hydrogens (tertiary/aromatic N) is 3. The molecule has 6 nitrogen and oxygen atoms in total. The van der Waals surface area contributed by atoms with E-state index in [0.717, 1.165) is 0 Å². The summed E-state index contributed by atoms with van der Waals surface area (Å²) < 4.78 is 37.7. The van der Waals surface area contributed by atoms with Crippen LogP contribution in [0.2, 0.25) is 0 Å². The number of ether oxygens (including phenoxy) is 1. The average molecular weight is 473 g/mol. The zero-order valence-electron chi connectivity index (χ0n) is 18.9. The Kier molecular flexibility index (Phi) is 5.00.